The largest absolute Gasteiger partial charge is 0.495 e. The number of nitrogens with zero attached hydrogens (tertiary/aromatic N) is 1. The van der Waals surface area contributed by atoms with E-state index in [1.807, 2.05) is 32.0 Å². The van der Waals surface area contributed by atoms with Crippen LogP contribution in [0.25, 0.3) is 0 Å². The molecule has 1 heterocycles. The smallest absolute Gasteiger partial charge is 0.255 e. The summed E-state index contributed by atoms with van der Waals surface area (Å²) in [5, 5.41) is 2.87. The number of carbonyl (C=O) groups excluding carboxylic acids is 1. The fourth-order valence-corrected chi connectivity index (χ4v) is 5.29. The maximum Gasteiger partial charge on any atom is 0.255 e. The number of hydrogen-bond donors (Lipinski definition) is 1. The Bertz CT molecular complexity index is 994. The first kappa shape index (κ1) is 21.3. The summed E-state index contributed by atoms with van der Waals surface area (Å²) >= 11 is 0. The molecule has 1 fully saturated rings. The van der Waals surface area contributed by atoms with Crippen LogP contribution in [0.2, 0.25) is 0 Å². The van der Waals surface area contributed by atoms with Gasteiger partial charge in [-0.3, -0.25) is 4.79 Å². The standard InChI is InChI=1S/C22H28N2O4S/c1-16-8-10-19(17(2)14-16)23-22(25)18-9-11-20(28-3)21(15-18)29(26,27)24-12-6-4-5-7-13-24/h8-11,14-15H,4-7,12-13H2,1-3H3,(H,23,25). The Kier molecular flexibility index (Phi) is 6.59. The molecule has 6 nitrogen and oxygen atoms in total. The topological polar surface area (TPSA) is 75.7 Å². The second kappa shape index (κ2) is 8.97. The zero-order valence-electron chi connectivity index (χ0n) is 17.2. The van der Waals surface area contributed by atoms with Crippen molar-refractivity contribution in [1.82, 2.24) is 4.31 Å². The van der Waals surface area contributed by atoms with Crippen LogP contribution < -0.4 is 10.1 Å². The number of sulfonamides is 1. The van der Waals surface area contributed by atoms with Gasteiger partial charge in [-0.2, -0.15) is 4.31 Å². The zero-order chi connectivity index (χ0) is 21.0. The maximum absolute atomic E-state index is 13.3. The van der Waals surface area contributed by atoms with Crippen molar-refractivity contribution in [3.05, 3.63) is 53.1 Å². The van der Waals surface area contributed by atoms with Gasteiger partial charge in [-0.25, -0.2) is 8.42 Å². The van der Waals surface area contributed by atoms with E-state index < -0.39 is 10.0 Å². The lowest BCUT2D eigenvalue weighted by atomic mass is 10.1. The Morgan fingerprint density at radius 3 is 2.31 bits per heavy atom. The lowest BCUT2D eigenvalue weighted by molar-refractivity contribution is 0.102. The highest BCUT2D eigenvalue weighted by Crippen LogP contribution is 2.30. The zero-order valence-corrected chi connectivity index (χ0v) is 18.0. The van der Waals surface area contributed by atoms with E-state index in [1.54, 1.807) is 12.1 Å². The molecule has 0 unspecified atom stereocenters. The molecule has 0 spiro atoms. The Morgan fingerprint density at radius 2 is 1.69 bits per heavy atom. The molecule has 0 bridgehead atoms. The van der Waals surface area contributed by atoms with Gasteiger partial charge in [0.05, 0.1) is 7.11 Å². The number of carbonyl (C=O) groups is 1. The van der Waals surface area contributed by atoms with Crippen LogP contribution in [0.15, 0.2) is 41.3 Å². The lowest BCUT2D eigenvalue weighted by Crippen LogP contribution is -2.32. The first-order valence-electron chi connectivity index (χ1n) is 9.90. The third-order valence-corrected chi connectivity index (χ3v) is 7.16. The van der Waals surface area contributed by atoms with Gasteiger partial charge in [0.2, 0.25) is 10.0 Å². The van der Waals surface area contributed by atoms with E-state index in [0.717, 1.165) is 36.8 Å². The summed E-state index contributed by atoms with van der Waals surface area (Å²) in [6.45, 7) is 4.89. The molecule has 29 heavy (non-hydrogen) atoms. The number of rotatable bonds is 5. The molecule has 7 heteroatoms. The summed E-state index contributed by atoms with van der Waals surface area (Å²) < 4.78 is 33.3. The molecule has 1 N–H and O–H groups in total. The molecule has 3 rings (SSSR count). The van der Waals surface area contributed by atoms with Gasteiger partial charge < -0.3 is 10.1 Å². The molecule has 1 aliphatic heterocycles. The van der Waals surface area contributed by atoms with Crippen molar-refractivity contribution in [2.45, 2.75) is 44.4 Å². The molecular formula is C22H28N2O4S. The van der Waals surface area contributed by atoms with Crippen molar-refractivity contribution in [3.8, 4) is 5.75 Å². The lowest BCUT2D eigenvalue weighted by Gasteiger charge is -2.21. The van der Waals surface area contributed by atoms with Crippen molar-refractivity contribution in [2.75, 3.05) is 25.5 Å². The van der Waals surface area contributed by atoms with Crippen LogP contribution in [0, 0.1) is 13.8 Å². The average molecular weight is 417 g/mol. The van der Waals surface area contributed by atoms with E-state index >= 15 is 0 Å². The summed E-state index contributed by atoms with van der Waals surface area (Å²) in [5.74, 6) is -0.107. The molecule has 0 atom stereocenters. The third kappa shape index (κ3) is 4.79. The number of ether oxygens (including phenoxy) is 1. The average Bonchev–Trinajstić information content (AvgIpc) is 2.99. The number of hydrogen-bond acceptors (Lipinski definition) is 4. The van der Waals surface area contributed by atoms with E-state index in [1.165, 1.54) is 17.5 Å². The molecule has 0 saturated carbocycles. The van der Waals surface area contributed by atoms with Gasteiger partial charge >= 0.3 is 0 Å². The first-order valence-corrected chi connectivity index (χ1v) is 11.3. The quantitative estimate of drug-likeness (QED) is 0.795. The molecule has 156 valence electrons. The summed E-state index contributed by atoms with van der Waals surface area (Å²) in [6, 6.07) is 10.3. The van der Waals surface area contributed by atoms with E-state index in [4.69, 9.17) is 4.74 Å². The summed E-state index contributed by atoms with van der Waals surface area (Å²) in [5.41, 5.74) is 3.03. The van der Waals surface area contributed by atoms with Crippen LogP contribution in [0.3, 0.4) is 0 Å². The van der Waals surface area contributed by atoms with E-state index in [9.17, 15) is 13.2 Å². The summed E-state index contributed by atoms with van der Waals surface area (Å²) in [4.78, 5) is 12.8. The number of amides is 1. The highest BCUT2D eigenvalue weighted by atomic mass is 32.2. The molecule has 1 amide bonds. The highest BCUT2D eigenvalue weighted by Gasteiger charge is 2.29. The van der Waals surface area contributed by atoms with E-state index in [0.29, 0.717) is 18.8 Å². The van der Waals surface area contributed by atoms with Crippen molar-refractivity contribution in [3.63, 3.8) is 0 Å². The van der Waals surface area contributed by atoms with Gasteiger partial charge in [-0.05, 0) is 56.5 Å². The van der Waals surface area contributed by atoms with Crippen LogP contribution in [0.4, 0.5) is 5.69 Å². The second-order valence-electron chi connectivity index (χ2n) is 7.46. The predicted octanol–water partition coefficient (Wildman–Crippen LogP) is 4.13. The Morgan fingerprint density at radius 1 is 1.00 bits per heavy atom. The van der Waals surface area contributed by atoms with Gasteiger partial charge in [0.1, 0.15) is 10.6 Å². The van der Waals surface area contributed by atoms with Gasteiger partial charge in [0, 0.05) is 24.3 Å². The third-order valence-electron chi connectivity index (χ3n) is 5.24. The van der Waals surface area contributed by atoms with Crippen LogP contribution in [0.1, 0.15) is 47.2 Å². The Balaban J connectivity index is 1.92. The highest BCUT2D eigenvalue weighted by molar-refractivity contribution is 7.89. The van der Waals surface area contributed by atoms with Crippen molar-refractivity contribution < 1.29 is 17.9 Å². The van der Waals surface area contributed by atoms with Gasteiger partial charge in [0.15, 0.2) is 0 Å². The SMILES string of the molecule is COc1ccc(C(=O)Nc2ccc(C)cc2C)cc1S(=O)(=O)N1CCCCCC1. The van der Waals surface area contributed by atoms with Gasteiger partial charge in [-0.1, -0.05) is 30.5 Å². The maximum atomic E-state index is 13.3. The number of nitrogens with one attached hydrogen (secondary N) is 1. The van der Waals surface area contributed by atoms with E-state index in [-0.39, 0.29) is 22.1 Å². The van der Waals surface area contributed by atoms with Crippen LogP contribution in [0.5, 0.6) is 5.75 Å². The monoisotopic (exact) mass is 416 g/mol. The first-order chi connectivity index (χ1) is 13.8. The minimum Gasteiger partial charge on any atom is -0.495 e. The van der Waals surface area contributed by atoms with Crippen molar-refractivity contribution in [1.29, 1.82) is 0 Å². The number of aryl methyl sites for hydroxylation is 2. The summed E-state index contributed by atoms with van der Waals surface area (Å²) in [7, 11) is -2.31. The molecule has 0 radical (unpaired) electrons. The van der Waals surface area contributed by atoms with Crippen LogP contribution in [-0.2, 0) is 10.0 Å². The normalized spacial score (nSPS) is 15.6. The van der Waals surface area contributed by atoms with E-state index in [2.05, 4.69) is 5.32 Å². The fraction of sp³-hybridized carbons (Fsp3) is 0.409. The summed E-state index contributed by atoms with van der Waals surface area (Å²) in [6.07, 6.45) is 3.74. The molecule has 0 aliphatic carbocycles. The Hall–Kier alpha value is -2.38. The number of benzene rings is 2. The second-order valence-corrected chi connectivity index (χ2v) is 9.36. The molecule has 2 aromatic rings. The molecular weight excluding hydrogens is 388 g/mol. The minimum atomic E-state index is -3.74. The van der Waals surface area contributed by atoms with Crippen molar-refractivity contribution in [2.24, 2.45) is 0 Å². The van der Waals surface area contributed by atoms with Gasteiger partial charge in [-0.15, -0.1) is 0 Å². The van der Waals surface area contributed by atoms with Crippen LogP contribution in [-0.4, -0.2) is 38.8 Å². The molecule has 1 saturated heterocycles. The predicted molar refractivity (Wildman–Crippen MR) is 114 cm³/mol. The molecule has 2 aromatic carbocycles. The number of methoxy groups -OCH3 is 1. The van der Waals surface area contributed by atoms with Gasteiger partial charge in [0.25, 0.3) is 5.91 Å². The molecule has 1 aliphatic rings. The Labute approximate surface area is 172 Å². The molecule has 0 aromatic heterocycles. The van der Waals surface area contributed by atoms with Crippen molar-refractivity contribution >= 4 is 21.6 Å². The van der Waals surface area contributed by atoms with Crippen LogP contribution >= 0.6 is 0 Å². The fourth-order valence-electron chi connectivity index (χ4n) is 3.59. The number of anilines is 1. The minimum absolute atomic E-state index is 0.0372.